The van der Waals surface area contributed by atoms with E-state index < -0.39 is 23.5 Å². The number of furan rings is 1. The van der Waals surface area contributed by atoms with Crippen LogP contribution in [0.5, 0.6) is 0 Å². The molecule has 156 valence electrons. The first-order chi connectivity index (χ1) is 15.0. The van der Waals surface area contributed by atoms with Gasteiger partial charge in [-0.3, -0.25) is 9.59 Å². The van der Waals surface area contributed by atoms with Crippen LogP contribution in [0.2, 0.25) is 5.02 Å². The number of amides is 1. The summed E-state index contributed by atoms with van der Waals surface area (Å²) in [5.41, 5.74) is 2.17. The predicted molar refractivity (Wildman–Crippen MR) is 118 cm³/mol. The summed E-state index contributed by atoms with van der Waals surface area (Å²) in [6.07, 6.45) is 2.47. The summed E-state index contributed by atoms with van der Waals surface area (Å²) in [6, 6.07) is 13.6. The average molecular weight is 435 g/mol. The zero-order valence-electron chi connectivity index (χ0n) is 16.7. The number of carbonyl (C=O) groups is 2. The number of H-pyrrole nitrogens is 1. The zero-order valence-corrected chi connectivity index (χ0v) is 17.4. The second kappa shape index (κ2) is 7.32. The van der Waals surface area contributed by atoms with Crippen LogP contribution in [0.3, 0.4) is 0 Å². The molecule has 6 nitrogen and oxygen atoms in total. The minimum atomic E-state index is -0.715. The topological polar surface area (TPSA) is 86.5 Å². The van der Waals surface area contributed by atoms with Gasteiger partial charge in [0.15, 0.2) is 11.5 Å². The van der Waals surface area contributed by atoms with Gasteiger partial charge in [0, 0.05) is 39.6 Å². The third kappa shape index (κ3) is 3.02. The third-order valence-corrected chi connectivity index (χ3v) is 5.87. The number of fused-ring (bicyclic) bond motifs is 2. The Labute approximate surface area is 182 Å². The van der Waals surface area contributed by atoms with Gasteiger partial charge >= 0.3 is 0 Å². The summed E-state index contributed by atoms with van der Waals surface area (Å²) in [7, 11) is 0. The van der Waals surface area contributed by atoms with E-state index in [2.05, 4.69) is 4.98 Å². The highest BCUT2D eigenvalue weighted by Gasteiger charge is 2.45. The number of aromatic amines is 1. The van der Waals surface area contributed by atoms with Crippen molar-refractivity contribution in [3.8, 4) is 0 Å². The highest BCUT2D eigenvalue weighted by Crippen LogP contribution is 2.42. The molecule has 1 aliphatic rings. The molecule has 0 saturated heterocycles. The van der Waals surface area contributed by atoms with Gasteiger partial charge in [-0.15, -0.1) is 0 Å². The highest BCUT2D eigenvalue weighted by atomic mass is 35.5. The number of nitrogens with zero attached hydrogens (tertiary/aromatic N) is 1. The molecule has 0 fully saturated rings. The number of carbonyl (C=O) groups excluding carboxylic acids is 2. The Balaban J connectivity index is 1.66. The van der Waals surface area contributed by atoms with Crippen LogP contribution in [0.1, 0.15) is 35.5 Å². The van der Waals surface area contributed by atoms with Gasteiger partial charge in [0.25, 0.3) is 5.91 Å². The maximum Gasteiger partial charge on any atom is 0.290 e. The molecule has 1 unspecified atom stereocenters. The van der Waals surface area contributed by atoms with Gasteiger partial charge in [-0.1, -0.05) is 36.7 Å². The van der Waals surface area contributed by atoms with Crippen molar-refractivity contribution in [1.29, 1.82) is 0 Å². The van der Waals surface area contributed by atoms with Gasteiger partial charge in [-0.2, -0.15) is 0 Å². The first kappa shape index (κ1) is 19.5. The van der Waals surface area contributed by atoms with E-state index in [1.165, 1.54) is 4.90 Å². The normalized spacial score (nSPS) is 16.8. The molecule has 1 aliphatic heterocycles. The number of para-hydroxylation sites is 1. The first-order valence-corrected chi connectivity index (χ1v) is 10.4. The van der Waals surface area contributed by atoms with Crippen LogP contribution in [0, 0.1) is 0 Å². The fourth-order valence-electron chi connectivity index (χ4n) is 4.26. The van der Waals surface area contributed by atoms with Gasteiger partial charge in [0.05, 0.1) is 11.6 Å². The summed E-state index contributed by atoms with van der Waals surface area (Å²) in [4.78, 5) is 31.2. The van der Waals surface area contributed by atoms with Crippen LogP contribution in [0.15, 0.2) is 70.5 Å². The number of aliphatic hydroxyl groups excluding tert-OH is 1. The molecule has 2 aromatic heterocycles. The van der Waals surface area contributed by atoms with Crippen LogP contribution < -0.4 is 0 Å². The average Bonchev–Trinajstić information content (AvgIpc) is 3.44. The van der Waals surface area contributed by atoms with Crippen LogP contribution in [-0.4, -0.2) is 33.2 Å². The summed E-state index contributed by atoms with van der Waals surface area (Å²) >= 11 is 6.05. The lowest BCUT2D eigenvalue weighted by Crippen LogP contribution is -2.31. The Bertz CT molecular complexity index is 1380. The van der Waals surface area contributed by atoms with Crippen molar-refractivity contribution in [3.05, 3.63) is 82.4 Å². The number of nitrogens with one attached hydrogen (secondary N) is 1. The Morgan fingerprint density at radius 2 is 2.03 bits per heavy atom. The smallest absolute Gasteiger partial charge is 0.290 e. The van der Waals surface area contributed by atoms with E-state index in [1.54, 1.807) is 30.5 Å². The molecule has 0 saturated carbocycles. The van der Waals surface area contributed by atoms with Crippen molar-refractivity contribution in [2.24, 2.45) is 0 Å². The van der Waals surface area contributed by atoms with Crippen molar-refractivity contribution in [1.82, 2.24) is 9.88 Å². The molecule has 1 amide bonds. The first-order valence-electron chi connectivity index (χ1n) is 10.0. The van der Waals surface area contributed by atoms with Crippen molar-refractivity contribution in [2.75, 3.05) is 6.54 Å². The summed E-state index contributed by atoms with van der Waals surface area (Å²) in [5, 5.41) is 12.8. The Hall–Kier alpha value is -3.51. The predicted octanol–water partition coefficient (Wildman–Crippen LogP) is 5.56. The minimum absolute atomic E-state index is 0.0216. The number of aliphatic hydroxyl groups is 1. The monoisotopic (exact) mass is 434 g/mol. The molecular weight excluding hydrogens is 416 g/mol. The maximum absolute atomic E-state index is 13.5. The van der Waals surface area contributed by atoms with Gasteiger partial charge in [0.1, 0.15) is 5.58 Å². The van der Waals surface area contributed by atoms with E-state index in [1.807, 2.05) is 31.2 Å². The summed E-state index contributed by atoms with van der Waals surface area (Å²) in [5.74, 6) is -1.56. The summed E-state index contributed by atoms with van der Waals surface area (Å²) in [6.45, 7) is 2.35. The van der Waals surface area contributed by atoms with Crippen molar-refractivity contribution >= 4 is 45.2 Å². The molecule has 2 N–H and O–H groups in total. The third-order valence-electron chi connectivity index (χ3n) is 5.63. The Kier molecular flexibility index (Phi) is 4.59. The lowest BCUT2D eigenvalue weighted by Gasteiger charge is -2.25. The number of rotatable bonds is 5. The lowest BCUT2D eigenvalue weighted by atomic mass is 9.94. The molecule has 3 heterocycles. The zero-order chi connectivity index (χ0) is 21.7. The van der Waals surface area contributed by atoms with Crippen LogP contribution in [-0.2, 0) is 4.79 Å². The van der Waals surface area contributed by atoms with Gasteiger partial charge < -0.3 is 19.4 Å². The quantitative estimate of drug-likeness (QED) is 0.403. The molecule has 0 bridgehead atoms. The number of benzene rings is 2. The molecule has 7 heteroatoms. The molecule has 4 aromatic rings. The molecular formula is C24H19ClN2O4. The van der Waals surface area contributed by atoms with Gasteiger partial charge in [-0.25, -0.2) is 0 Å². The van der Waals surface area contributed by atoms with Gasteiger partial charge in [0.2, 0.25) is 5.78 Å². The van der Waals surface area contributed by atoms with E-state index >= 15 is 0 Å². The second-order valence-corrected chi connectivity index (χ2v) is 8.01. The Morgan fingerprint density at radius 3 is 2.84 bits per heavy atom. The fraction of sp³-hybridized carbons (Fsp3) is 0.167. The minimum Gasteiger partial charge on any atom is -0.503 e. The number of halogens is 1. The fourth-order valence-corrected chi connectivity index (χ4v) is 4.44. The SMILES string of the molecule is CCCN1C(=O)C(O)=C(C(=O)c2cc3cc(Cl)ccc3o2)C1c1c[nH]c2ccccc12. The molecule has 5 rings (SSSR count). The van der Waals surface area contributed by atoms with E-state index in [0.717, 1.165) is 16.5 Å². The molecule has 0 aliphatic carbocycles. The molecule has 0 radical (unpaired) electrons. The molecule has 1 atom stereocenters. The number of hydrogen-bond acceptors (Lipinski definition) is 4. The van der Waals surface area contributed by atoms with E-state index in [-0.39, 0.29) is 11.3 Å². The van der Waals surface area contributed by atoms with Crippen molar-refractivity contribution in [3.63, 3.8) is 0 Å². The molecule has 0 spiro atoms. The Morgan fingerprint density at radius 1 is 1.23 bits per heavy atom. The largest absolute Gasteiger partial charge is 0.503 e. The van der Waals surface area contributed by atoms with Crippen molar-refractivity contribution in [2.45, 2.75) is 19.4 Å². The molecule has 2 aromatic carbocycles. The van der Waals surface area contributed by atoms with Crippen molar-refractivity contribution < 1.29 is 19.1 Å². The number of hydrogen-bond donors (Lipinski definition) is 2. The van der Waals surface area contributed by atoms with Gasteiger partial charge in [-0.05, 0) is 36.8 Å². The lowest BCUT2D eigenvalue weighted by molar-refractivity contribution is -0.129. The standard InChI is InChI=1S/C24H19ClN2O4/c1-2-9-27-21(16-12-26-17-6-4-3-5-15(16)17)20(23(29)24(27)30)22(28)19-11-13-10-14(25)7-8-18(13)31-19/h3-8,10-12,21,26,29H,2,9H2,1H3. The van der Waals surface area contributed by atoms with Crippen LogP contribution in [0.25, 0.3) is 21.9 Å². The highest BCUT2D eigenvalue weighted by molar-refractivity contribution is 6.31. The maximum atomic E-state index is 13.5. The van der Waals surface area contributed by atoms with Crippen LogP contribution >= 0.6 is 11.6 Å². The van der Waals surface area contributed by atoms with Crippen LogP contribution in [0.4, 0.5) is 0 Å². The summed E-state index contributed by atoms with van der Waals surface area (Å²) < 4.78 is 5.74. The number of aromatic nitrogens is 1. The van der Waals surface area contributed by atoms with E-state index in [0.29, 0.717) is 29.0 Å². The number of Topliss-reactive ketones (excluding diaryl/α,β-unsaturated/α-hetero) is 1. The second-order valence-electron chi connectivity index (χ2n) is 7.57. The van der Waals surface area contributed by atoms with E-state index in [9.17, 15) is 14.7 Å². The van der Waals surface area contributed by atoms with E-state index in [4.69, 9.17) is 16.0 Å². The number of ketones is 1. The molecule has 31 heavy (non-hydrogen) atoms.